The van der Waals surface area contributed by atoms with E-state index >= 15 is 0 Å². The second kappa shape index (κ2) is 7.18. The molecule has 0 spiro atoms. The average Bonchev–Trinajstić information content (AvgIpc) is 2.55. The monoisotopic (exact) mass is 331 g/mol. The molecule has 1 saturated heterocycles. The number of anilines is 1. The second-order valence-corrected chi connectivity index (χ2v) is 6.47. The Balaban J connectivity index is 1.59. The minimum atomic E-state index is 0.519. The number of aromatic nitrogens is 2. The van der Waals surface area contributed by atoms with Crippen LogP contribution in [0.1, 0.15) is 24.2 Å². The first-order valence-electron chi connectivity index (χ1n) is 8.03. The normalized spacial score (nSPS) is 15.7. The maximum Gasteiger partial charge on any atom is 0.134 e. The van der Waals surface area contributed by atoms with Gasteiger partial charge in [0.1, 0.15) is 22.5 Å². The van der Waals surface area contributed by atoms with Crippen LogP contribution in [-0.2, 0) is 6.42 Å². The van der Waals surface area contributed by atoms with Crippen molar-refractivity contribution in [1.82, 2.24) is 9.97 Å². The summed E-state index contributed by atoms with van der Waals surface area (Å²) in [7, 11) is 1.71. The number of piperidine rings is 1. The van der Waals surface area contributed by atoms with Crippen LogP contribution in [0.3, 0.4) is 0 Å². The summed E-state index contributed by atoms with van der Waals surface area (Å²) < 4.78 is 5.31. The van der Waals surface area contributed by atoms with Gasteiger partial charge in [-0.3, -0.25) is 0 Å². The van der Waals surface area contributed by atoms with Gasteiger partial charge in [0.05, 0.1) is 7.11 Å². The molecule has 3 rings (SSSR count). The zero-order chi connectivity index (χ0) is 16.2. The van der Waals surface area contributed by atoms with Gasteiger partial charge in [-0.15, -0.1) is 0 Å². The van der Waals surface area contributed by atoms with Crippen molar-refractivity contribution < 1.29 is 4.74 Å². The Morgan fingerprint density at radius 2 is 2.00 bits per heavy atom. The third-order valence-electron chi connectivity index (χ3n) is 4.39. The van der Waals surface area contributed by atoms with E-state index in [-0.39, 0.29) is 0 Å². The van der Waals surface area contributed by atoms with Gasteiger partial charge >= 0.3 is 0 Å². The molecule has 1 aromatic carbocycles. The van der Waals surface area contributed by atoms with Gasteiger partial charge in [0.25, 0.3) is 0 Å². The molecule has 0 N–H and O–H groups in total. The number of methoxy groups -OCH3 is 1. The predicted molar refractivity (Wildman–Crippen MR) is 93.4 cm³/mol. The molecular formula is C18H22ClN3O. The van der Waals surface area contributed by atoms with Crippen molar-refractivity contribution in [2.24, 2.45) is 5.92 Å². The summed E-state index contributed by atoms with van der Waals surface area (Å²) in [6.45, 7) is 3.91. The molecule has 23 heavy (non-hydrogen) atoms. The summed E-state index contributed by atoms with van der Waals surface area (Å²) in [5.41, 5.74) is 1.35. The summed E-state index contributed by atoms with van der Waals surface area (Å²) in [4.78, 5) is 10.9. The molecule has 0 aliphatic carbocycles. The van der Waals surface area contributed by atoms with E-state index < -0.39 is 0 Å². The molecule has 122 valence electrons. The lowest BCUT2D eigenvalue weighted by Crippen LogP contribution is -2.35. The molecule has 4 nitrogen and oxygen atoms in total. The van der Waals surface area contributed by atoms with E-state index in [0.717, 1.165) is 49.7 Å². The summed E-state index contributed by atoms with van der Waals surface area (Å²) in [6.07, 6.45) is 3.43. The molecule has 1 aliphatic heterocycles. The fourth-order valence-electron chi connectivity index (χ4n) is 3.18. The summed E-state index contributed by atoms with van der Waals surface area (Å²) >= 11 is 6.04. The third-order valence-corrected chi connectivity index (χ3v) is 4.58. The molecule has 0 radical (unpaired) electrons. The Hall–Kier alpha value is -1.81. The van der Waals surface area contributed by atoms with Crippen LogP contribution < -0.4 is 9.64 Å². The predicted octanol–water partition coefficient (Wildman–Crippen LogP) is 3.91. The first-order chi connectivity index (χ1) is 11.1. The highest BCUT2D eigenvalue weighted by atomic mass is 35.5. The molecule has 0 atom stereocenters. The van der Waals surface area contributed by atoms with Gasteiger partial charge in [0, 0.05) is 19.2 Å². The second-order valence-electron chi connectivity index (χ2n) is 6.08. The summed E-state index contributed by atoms with van der Waals surface area (Å²) in [5.74, 6) is 3.32. The highest BCUT2D eigenvalue weighted by Gasteiger charge is 2.21. The number of aryl methyl sites for hydroxylation is 1. The molecular weight excluding hydrogens is 310 g/mol. The summed E-state index contributed by atoms with van der Waals surface area (Å²) in [6, 6.07) is 10.2. The number of nitrogens with zero attached hydrogens (tertiary/aromatic N) is 3. The van der Waals surface area contributed by atoms with Gasteiger partial charge in [0.2, 0.25) is 0 Å². The maximum atomic E-state index is 6.04. The number of rotatable bonds is 4. The largest absolute Gasteiger partial charge is 0.497 e. The zero-order valence-corrected chi connectivity index (χ0v) is 14.4. The zero-order valence-electron chi connectivity index (χ0n) is 13.6. The fraction of sp³-hybridized carbons (Fsp3) is 0.444. The van der Waals surface area contributed by atoms with Gasteiger partial charge in [-0.05, 0) is 49.8 Å². The number of benzene rings is 1. The van der Waals surface area contributed by atoms with Crippen molar-refractivity contribution in [3.8, 4) is 5.75 Å². The van der Waals surface area contributed by atoms with Crippen LogP contribution in [0, 0.1) is 12.8 Å². The lowest BCUT2D eigenvalue weighted by Gasteiger charge is -2.33. The van der Waals surface area contributed by atoms with Crippen molar-refractivity contribution in [1.29, 1.82) is 0 Å². The Labute approximate surface area is 142 Å². The number of halogens is 1. The van der Waals surface area contributed by atoms with Crippen molar-refractivity contribution in [2.75, 3.05) is 25.1 Å². The van der Waals surface area contributed by atoms with Crippen molar-refractivity contribution in [3.63, 3.8) is 0 Å². The minimum Gasteiger partial charge on any atom is -0.497 e. The van der Waals surface area contributed by atoms with Crippen LogP contribution in [0.2, 0.25) is 5.15 Å². The Kier molecular flexibility index (Phi) is 5.01. The molecule has 0 amide bonds. The molecule has 0 unspecified atom stereocenters. The van der Waals surface area contributed by atoms with E-state index in [1.54, 1.807) is 7.11 Å². The van der Waals surface area contributed by atoms with Crippen LogP contribution in [0.5, 0.6) is 5.75 Å². The average molecular weight is 332 g/mol. The van der Waals surface area contributed by atoms with Crippen LogP contribution in [0.4, 0.5) is 5.82 Å². The third kappa shape index (κ3) is 4.14. The first kappa shape index (κ1) is 16.1. The van der Waals surface area contributed by atoms with Crippen LogP contribution in [0.25, 0.3) is 0 Å². The van der Waals surface area contributed by atoms with Crippen molar-refractivity contribution >= 4 is 17.4 Å². The Bertz CT molecular complexity index is 649. The quantitative estimate of drug-likeness (QED) is 0.796. The number of hydrogen-bond acceptors (Lipinski definition) is 4. The van der Waals surface area contributed by atoms with Gasteiger partial charge in [-0.2, -0.15) is 0 Å². The van der Waals surface area contributed by atoms with E-state index in [0.29, 0.717) is 11.1 Å². The number of ether oxygens (including phenoxy) is 1. The topological polar surface area (TPSA) is 38.2 Å². The molecule has 0 saturated carbocycles. The molecule has 2 aromatic rings. The van der Waals surface area contributed by atoms with E-state index in [1.807, 2.05) is 19.1 Å². The lowest BCUT2D eigenvalue weighted by atomic mass is 9.90. The first-order valence-corrected chi connectivity index (χ1v) is 8.41. The van der Waals surface area contributed by atoms with E-state index in [2.05, 4.69) is 33.1 Å². The molecule has 0 bridgehead atoms. The standard InChI is InChI=1S/C18H22ClN3O/c1-13-20-17(19)12-18(21-13)22-8-6-14(7-9-22)10-15-4-3-5-16(11-15)23-2/h3-5,11-12,14H,6-10H2,1-2H3. The van der Waals surface area contributed by atoms with Gasteiger partial charge in [-0.1, -0.05) is 23.7 Å². The van der Waals surface area contributed by atoms with Crippen LogP contribution in [0.15, 0.2) is 30.3 Å². The maximum absolute atomic E-state index is 6.04. The van der Waals surface area contributed by atoms with E-state index in [4.69, 9.17) is 16.3 Å². The van der Waals surface area contributed by atoms with Crippen molar-refractivity contribution in [2.45, 2.75) is 26.2 Å². The van der Waals surface area contributed by atoms with Crippen molar-refractivity contribution in [3.05, 3.63) is 46.9 Å². The van der Waals surface area contributed by atoms with Gasteiger partial charge in [0.15, 0.2) is 0 Å². The van der Waals surface area contributed by atoms with Gasteiger partial charge < -0.3 is 9.64 Å². The Morgan fingerprint density at radius 1 is 1.22 bits per heavy atom. The highest BCUT2D eigenvalue weighted by Crippen LogP contribution is 2.26. The lowest BCUT2D eigenvalue weighted by molar-refractivity contribution is 0.397. The van der Waals surface area contributed by atoms with Crippen LogP contribution in [-0.4, -0.2) is 30.2 Å². The number of hydrogen-bond donors (Lipinski definition) is 0. The highest BCUT2D eigenvalue weighted by molar-refractivity contribution is 6.29. The molecule has 1 fully saturated rings. The molecule has 2 heterocycles. The summed E-state index contributed by atoms with van der Waals surface area (Å²) in [5, 5.41) is 0.519. The van der Waals surface area contributed by atoms with Gasteiger partial charge in [-0.25, -0.2) is 9.97 Å². The van der Waals surface area contributed by atoms with Crippen LogP contribution >= 0.6 is 11.6 Å². The molecule has 5 heteroatoms. The molecule has 1 aromatic heterocycles. The van der Waals surface area contributed by atoms with E-state index in [1.165, 1.54) is 5.56 Å². The minimum absolute atomic E-state index is 0.519. The Morgan fingerprint density at radius 3 is 2.70 bits per heavy atom. The fourth-order valence-corrected chi connectivity index (χ4v) is 3.40. The molecule has 1 aliphatic rings. The SMILES string of the molecule is COc1cccc(CC2CCN(c3cc(Cl)nc(C)n3)CC2)c1. The smallest absolute Gasteiger partial charge is 0.134 e. The van der Waals surface area contributed by atoms with E-state index in [9.17, 15) is 0 Å².